The molecule has 2 nitrogen and oxygen atoms in total. The highest BCUT2D eigenvalue weighted by molar-refractivity contribution is 5.86. The molecule has 17 heavy (non-hydrogen) atoms. The molecule has 0 amide bonds. The second kappa shape index (κ2) is 5.80. The summed E-state index contributed by atoms with van der Waals surface area (Å²) >= 11 is 0. The quantitative estimate of drug-likeness (QED) is 0.799. The van der Waals surface area contributed by atoms with Crippen LogP contribution >= 0.6 is 0 Å². The predicted molar refractivity (Wildman–Crippen MR) is 72.0 cm³/mol. The van der Waals surface area contributed by atoms with Gasteiger partial charge in [-0.3, -0.25) is 0 Å². The van der Waals surface area contributed by atoms with Gasteiger partial charge in [0.25, 0.3) is 0 Å². The van der Waals surface area contributed by atoms with Gasteiger partial charge in [-0.1, -0.05) is 49.4 Å². The van der Waals surface area contributed by atoms with E-state index in [0.717, 1.165) is 13.0 Å². The molecule has 2 rings (SSSR count). The van der Waals surface area contributed by atoms with Gasteiger partial charge in [0.05, 0.1) is 12.6 Å². The van der Waals surface area contributed by atoms with Gasteiger partial charge in [0, 0.05) is 6.61 Å². The Bertz CT molecular complexity index is 476. The summed E-state index contributed by atoms with van der Waals surface area (Å²) in [6.07, 6.45) is 1.03. The van der Waals surface area contributed by atoms with Gasteiger partial charge in [-0.15, -0.1) is 0 Å². The Kier molecular flexibility index (Phi) is 4.13. The second-order valence-electron chi connectivity index (χ2n) is 4.25. The SMILES string of the molecule is CCCOCC(N)c1cccc2ccccc12. The molecule has 0 aliphatic heterocycles. The van der Waals surface area contributed by atoms with E-state index < -0.39 is 0 Å². The van der Waals surface area contributed by atoms with Gasteiger partial charge in [-0.2, -0.15) is 0 Å². The summed E-state index contributed by atoms with van der Waals surface area (Å²) in [6, 6.07) is 14.5. The van der Waals surface area contributed by atoms with Crippen molar-refractivity contribution in [2.24, 2.45) is 5.73 Å². The van der Waals surface area contributed by atoms with Crippen molar-refractivity contribution in [2.45, 2.75) is 19.4 Å². The van der Waals surface area contributed by atoms with Crippen LogP contribution in [0.15, 0.2) is 42.5 Å². The van der Waals surface area contributed by atoms with Gasteiger partial charge in [0.2, 0.25) is 0 Å². The molecule has 90 valence electrons. The molecule has 0 fully saturated rings. The standard InChI is InChI=1S/C15H19NO/c1-2-10-17-11-15(16)14-9-5-7-12-6-3-4-8-13(12)14/h3-9,15H,2,10-11,16H2,1H3. The third kappa shape index (κ3) is 2.84. The van der Waals surface area contributed by atoms with Crippen LogP contribution in [-0.2, 0) is 4.74 Å². The van der Waals surface area contributed by atoms with Gasteiger partial charge in [-0.25, -0.2) is 0 Å². The first-order chi connectivity index (χ1) is 8.33. The maximum atomic E-state index is 6.18. The zero-order chi connectivity index (χ0) is 12.1. The van der Waals surface area contributed by atoms with Crippen molar-refractivity contribution < 1.29 is 4.74 Å². The monoisotopic (exact) mass is 229 g/mol. The lowest BCUT2D eigenvalue weighted by atomic mass is 10.00. The van der Waals surface area contributed by atoms with Crippen molar-refractivity contribution in [3.8, 4) is 0 Å². The zero-order valence-corrected chi connectivity index (χ0v) is 10.2. The molecule has 0 aliphatic carbocycles. The molecule has 0 saturated heterocycles. The first kappa shape index (κ1) is 12.1. The number of hydrogen-bond acceptors (Lipinski definition) is 2. The van der Waals surface area contributed by atoms with Crippen molar-refractivity contribution in [1.29, 1.82) is 0 Å². The fraction of sp³-hybridized carbons (Fsp3) is 0.333. The number of fused-ring (bicyclic) bond motifs is 1. The Balaban J connectivity index is 2.22. The smallest absolute Gasteiger partial charge is 0.0659 e. The largest absolute Gasteiger partial charge is 0.379 e. The van der Waals surface area contributed by atoms with E-state index in [1.54, 1.807) is 0 Å². The van der Waals surface area contributed by atoms with Crippen molar-refractivity contribution >= 4 is 10.8 Å². The molecule has 2 aromatic carbocycles. The van der Waals surface area contributed by atoms with Crippen LogP contribution in [-0.4, -0.2) is 13.2 Å². The Morgan fingerprint density at radius 2 is 1.88 bits per heavy atom. The maximum Gasteiger partial charge on any atom is 0.0659 e. The molecule has 2 N–H and O–H groups in total. The summed E-state index contributed by atoms with van der Waals surface area (Å²) in [6.45, 7) is 3.46. The Morgan fingerprint density at radius 1 is 1.12 bits per heavy atom. The van der Waals surface area contributed by atoms with E-state index >= 15 is 0 Å². The molecule has 1 atom stereocenters. The molecule has 2 aromatic rings. The molecule has 0 saturated carbocycles. The van der Waals surface area contributed by atoms with E-state index in [1.165, 1.54) is 16.3 Å². The van der Waals surface area contributed by atoms with Crippen LogP contribution < -0.4 is 5.73 Å². The first-order valence-electron chi connectivity index (χ1n) is 6.14. The van der Waals surface area contributed by atoms with E-state index in [9.17, 15) is 0 Å². The summed E-state index contributed by atoms with van der Waals surface area (Å²) < 4.78 is 5.52. The molecular weight excluding hydrogens is 210 g/mol. The molecule has 0 radical (unpaired) electrons. The Hall–Kier alpha value is -1.38. The van der Waals surface area contributed by atoms with Crippen LogP contribution in [0.25, 0.3) is 10.8 Å². The minimum atomic E-state index is -0.0485. The topological polar surface area (TPSA) is 35.2 Å². The van der Waals surface area contributed by atoms with E-state index in [2.05, 4.69) is 37.3 Å². The molecule has 0 aromatic heterocycles. The highest BCUT2D eigenvalue weighted by atomic mass is 16.5. The third-order valence-corrected chi connectivity index (χ3v) is 2.87. The van der Waals surface area contributed by atoms with Crippen molar-refractivity contribution in [3.63, 3.8) is 0 Å². The van der Waals surface area contributed by atoms with Gasteiger partial charge in [0.15, 0.2) is 0 Å². The lowest BCUT2D eigenvalue weighted by Crippen LogP contribution is -2.17. The van der Waals surface area contributed by atoms with E-state index in [4.69, 9.17) is 10.5 Å². The Labute approximate surface area is 102 Å². The third-order valence-electron chi connectivity index (χ3n) is 2.87. The van der Waals surface area contributed by atoms with Crippen molar-refractivity contribution in [1.82, 2.24) is 0 Å². The highest BCUT2D eigenvalue weighted by Gasteiger charge is 2.09. The lowest BCUT2D eigenvalue weighted by molar-refractivity contribution is 0.122. The van der Waals surface area contributed by atoms with Crippen LogP contribution in [0.3, 0.4) is 0 Å². The van der Waals surface area contributed by atoms with E-state index in [0.29, 0.717) is 6.61 Å². The van der Waals surface area contributed by atoms with Crippen LogP contribution in [0.4, 0.5) is 0 Å². The molecule has 1 unspecified atom stereocenters. The van der Waals surface area contributed by atoms with Gasteiger partial charge in [0.1, 0.15) is 0 Å². The number of nitrogens with two attached hydrogens (primary N) is 1. The van der Waals surface area contributed by atoms with Crippen LogP contribution in [0, 0.1) is 0 Å². The Morgan fingerprint density at radius 3 is 2.71 bits per heavy atom. The average molecular weight is 229 g/mol. The zero-order valence-electron chi connectivity index (χ0n) is 10.2. The second-order valence-corrected chi connectivity index (χ2v) is 4.25. The first-order valence-corrected chi connectivity index (χ1v) is 6.14. The van der Waals surface area contributed by atoms with Crippen molar-refractivity contribution in [2.75, 3.05) is 13.2 Å². The predicted octanol–water partition coefficient (Wildman–Crippen LogP) is 3.27. The molecule has 2 heteroatoms. The molecule has 0 spiro atoms. The fourth-order valence-electron chi connectivity index (χ4n) is 2.02. The highest BCUT2D eigenvalue weighted by Crippen LogP contribution is 2.23. The minimum Gasteiger partial charge on any atom is -0.379 e. The fourth-order valence-corrected chi connectivity index (χ4v) is 2.02. The van der Waals surface area contributed by atoms with Gasteiger partial charge < -0.3 is 10.5 Å². The van der Waals surface area contributed by atoms with Crippen LogP contribution in [0.5, 0.6) is 0 Å². The molecule has 0 heterocycles. The van der Waals surface area contributed by atoms with E-state index in [1.807, 2.05) is 12.1 Å². The minimum absolute atomic E-state index is 0.0485. The van der Waals surface area contributed by atoms with Crippen LogP contribution in [0.2, 0.25) is 0 Å². The summed E-state index contributed by atoms with van der Waals surface area (Å²) in [5.74, 6) is 0. The summed E-state index contributed by atoms with van der Waals surface area (Å²) in [5, 5.41) is 2.46. The normalized spacial score (nSPS) is 12.8. The summed E-state index contributed by atoms with van der Waals surface area (Å²) in [4.78, 5) is 0. The molecule has 0 bridgehead atoms. The van der Waals surface area contributed by atoms with Crippen molar-refractivity contribution in [3.05, 3.63) is 48.0 Å². The summed E-state index contributed by atoms with van der Waals surface area (Å²) in [7, 11) is 0. The number of rotatable bonds is 5. The average Bonchev–Trinajstić information content (AvgIpc) is 2.38. The maximum absolute atomic E-state index is 6.18. The van der Waals surface area contributed by atoms with Crippen LogP contribution in [0.1, 0.15) is 24.9 Å². The number of benzene rings is 2. The number of hydrogen-bond donors (Lipinski definition) is 1. The molecular formula is C15H19NO. The van der Waals surface area contributed by atoms with Gasteiger partial charge in [-0.05, 0) is 22.8 Å². The number of ether oxygens (including phenoxy) is 1. The lowest BCUT2D eigenvalue weighted by Gasteiger charge is -2.14. The van der Waals surface area contributed by atoms with Gasteiger partial charge >= 0.3 is 0 Å². The summed E-state index contributed by atoms with van der Waals surface area (Å²) in [5.41, 5.74) is 7.34. The van der Waals surface area contributed by atoms with E-state index in [-0.39, 0.29) is 6.04 Å². The molecule has 0 aliphatic rings.